The molecule has 202 valence electrons. The number of carbonyl (C=O) groups is 2. The van der Waals surface area contributed by atoms with Gasteiger partial charge in [-0.25, -0.2) is 8.42 Å². The average molecular weight is 535 g/mol. The maximum absolute atomic E-state index is 13.7. The van der Waals surface area contributed by atoms with Gasteiger partial charge in [-0.15, -0.1) is 0 Å². The van der Waals surface area contributed by atoms with Crippen LogP contribution < -0.4 is 14.4 Å². The van der Waals surface area contributed by atoms with Crippen molar-refractivity contribution in [2.45, 2.75) is 52.2 Å². The number of methoxy groups -OCH3 is 1. The number of nitrogens with one attached hydrogen (secondary N) is 1. The third-order valence-electron chi connectivity index (χ3n) is 5.88. The summed E-state index contributed by atoms with van der Waals surface area (Å²) in [6, 6.07) is 11.1. The Morgan fingerprint density at radius 2 is 1.78 bits per heavy atom. The molecule has 2 amide bonds. The molecule has 0 aliphatic rings. The number of hydrogen-bond donors (Lipinski definition) is 1. The zero-order valence-electron chi connectivity index (χ0n) is 21.7. The van der Waals surface area contributed by atoms with Crippen LogP contribution in [0.4, 0.5) is 11.4 Å². The summed E-state index contributed by atoms with van der Waals surface area (Å²) < 4.78 is 31.4. The van der Waals surface area contributed by atoms with Gasteiger partial charge in [-0.2, -0.15) is 0 Å². The lowest BCUT2D eigenvalue weighted by Crippen LogP contribution is -2.53. The summed E-state index contributed by atoms with van der Waals surface area (Å²) in [7, 11) is -2.49. The van der Waals surface area contributed by atoms with E-state index in [0.29, 0.717) is 17.7 Å². The predicted octanol–water partition coefficient (Wildman–Crippen LogP) is 3.09. The Bertz CT molecular complexity index is 1220. The molecule has 0 heterocycles. The zero-order chi connectivity index (χ0) is 27.8. The molecular weight excluding hydrogens is 500 g/mol. The number of non-ortho nitro benzene ring substituents is 1. The summed E-state index contributed by atoms with van der Waals surface area (Å²) in [4.78, 5) is 38.7. The highest BCUT2D eigenvalue weighted by Crippen LogP contribution is 2.24. The fraction of sp³-hybridized carbons (Fsp3) is 0.440. The molecule has 2 rings (SSSR count). The van der Waals surface area contributed by atoms with Crippen LogP contribution in [-0.4, -0.2) is 62.0 Å². The van der Waals surface area contributed by atoms with Gasteiger partial charge >= 0.3 is 0 Å². The highest BCUT2D eigenvalue weighted by Gasteiger charge is 2.32. The van der Waals surface area contributed by atoms with Gasteiger partial charge in [0.2, 0.25) is 21.8 Å². The van der Waals surface area contributed by atoms with Gasteiger partial charge in [0.1, 0.15) is 18.3 Å². The molecule has 0 saturated heterocycles. The number of carbonyl (C=O) groups excluding carboxylic acids is 2. The van der Waals surface area contributed by atoms with Crippen molar-refractivity contribution in [1.82, 2.24) is 10.2 Å². The van der Waals surface area contributed by atoms with Crippen molar-refractivity contribution in [3.8, 4) is 5.75 Å². The number of anilines is 1. The van der Waals surface area contributed by atoms with Crippen molar-refractivity contribution in [2.24, 2.45) is 0 Å². The van der Waals surface area contributed by atoms with Crippen LogP contribution in [0.25, 0.3) is 0 Å². The molecule has 2 aromatic rings. The first-order valence-electron chi connectivity index (χ1n) is 11.9. The van der Waals surface area contributed by atoms with Crippen molar-refractivity contribution in [3.05, 3.63) is 64.2 Å². The number of benzene rings is 2. The minimum absolute atomic E-state index is 0.0228. The van der Waals surface area contributed by atoms with E-state index in [9.17, 15) is 28.1 Å². The summed E-state index contributed by atoms with van der Waals surface area (Å²) in [6.45, 7) is 4.92. The summed E-state index contributed by atoms with van der Waals surface area (Å²) >= 11 is 0. The number of nitrogens with zero attached hydrogens (tertiary/aromatic N) is 3. The third kappa shape index (κ3) is 8.17. The Balaban J connectivity index is 2.49. The van der Waals surface area contributed by atoms with E-state index in [1.54, 1.807) is 31.2 Å². The summed E-state index contributed by atoms with van der Waals surface area (Å²) in [5.74, 6) is -0.420. The molecule has 12 heteroatoms. The fourth-order valence-corrected chi connectivity index (χ4v) is 4.54. The van der Waals surface area contributed by atoms with Gasteiger partial charge in [0, 0.05) is 24.7 Å². The minimum Gasteiger partial charge on any atom is -0.497 e. The molecule has 0 saturated carbocycles. The Morgan fingerprint density at radius 3 is 2.35 bits per heavy atom. The van der Waals surface area contributed by atoms with Crippen LogP contribution in [0, 0.1) is 10.1 Å². The number of hydrogen-bond acceptors (Lipinski definition) is 7. The Morgan fingerprint density at radius 1 is 1.11 bits per heavy atom. The van der Waals surface area contributed by atoms with Gasteiger partial charge in [-0.3, -0.25) is 24.0 Å². The van der Waals surface area contributed by atoms with E-state index >= 15 is 0 Å². The molecule has 37 heavy (non-hydrogen) atoms. The second-order valence-corrected chi connectivity index (χ2v) is 10.6. The van der Waals surface area contributed by atoms with Crippen LogP contribution in [0.1, 0.15) is 39.2 Å². The molecule has 0 bridgehead atoms. The van der Waals surface area contributed by atoms with E-state index in [2.05, 4.69) is 5.32 Å². The van der Waals surface area contributed by atoms with Crippen LogP contribution in [0.3, 0.4) is 0 Å². The van der Waals surface area contributed by atoms with E-state index in [4.69, 9.17) is 4.74 Å². The Hall–Kier alpha value is -3.67. The number of nitro benzene ring substituents is 1. The first-order valence-corrected chi connectivity index (χ1v) is 13.7. The quantitative estimate of drug-likeness (QED) is 0.308. The lowest BCUT2D eigenvalue weighted by molar-refractivity contribution is -0.384. The zero-order valence-corrected chi connectivity index (χ0v) is 22.5. The molecule has 0 fully saturated rings. The van der Waals surface area contributed by atoms with Crippen molar-refractivity contribution >= 4 is 33.2 Å². The number of ether oxygens (including phenoxy) is 1. The number of rotatable bonds is 13. The van der Waals surface area contributed by atoms with Crippen molar-refractivity contribution in [3.63, 3.8) is 0 Å². The molecule has 11 nitrogen and oxygen atoms in total. The normalized spacial score (nSPS) is 12.8. The molecule has 2 aromatic carbocycles. The van der Waals surface area contributed by atoms with Gasteiger partial charge in [-0.05, 0) is 43.5 Å². The number of sulfonamides is 1. The van der Waals surface area contributed by atoms with Gasteiger partial charge in [0.15, 0.2) is 0 Å². The van der Waals surface area contributed by atoms with Crippen LogP contribution >= 0.6 is 0 Å². The Kier molecular flexibility index (Phi) is 10.4. The second kappa shape index (κ2) is 13.0. The lowest BCUT2D eigenvalue weighted by Gasteiger charge is -2.33. The summed E-state index contributed by atoms with van der Waals surface area (Å²) in [5.41, 5.74) is 0.346. The average Bonchev–Trinajstić information content (AvgIpc) is 2.86. The van der Waals surface area contributed by atoms with E-state index in [1.165, 1.54) is 30.2 Å². The Labute approximate surface area is 217 Å². The smallest absolute Gasteiger partial charge is 0.271 e. The second-order valence-electron chi connectivity index (χ2n) is 8.66. The monoisotopic (exact) mass is 534 g/mol. The maximum atomic E-state index is 13.7. The molecule has 0 unspecified atom stereocenters. The van der Waals surface area contributed by atoms with E-state index in [0.717, 1.165) is 16.6 Å². The SMILES string of the molecule is CC[C@@H](C)NC(=O)[C@H](CC)N(Cc1cccc(OC)c1)C(=O)CN(c1cccc([N+](=O)[O-])c1)S(C)(=O)=O. The number of amides is 2. The molecule has 0 spiro atoms. The van der Waals surface area contributed by atoms with Crippen molar-refractivity contribution in [1.29, 1.82) is 0 Å². The number of nitro groups is 1. The molecule has 0 radical (unpaired) electrons. The van der Waals surface area contributed by atoms with Gasteiger partial charge in [-0.1, -0.05) is 32.0 Å². The van der Waals surface area contributed by atoms with Gasteiger partial charge < -0.3 is 15.0 Å². The molecule has 0 aliphatic carbocycles. The van der Waals surface area contributed by atoms with Crippen LogP contribution in [-0.2, 0) is 26.2 Å². The molecule has 0 aromatic heterocycles. The minimum atomic E-state index is -4.01. The van der Waals surface area contributed by atoms with E-state index in [-0.39, 0.29) is 36.3 Å². The van der Waals surface area contributed by atoms with Crippen LogP contribution in [0.2, 0.25) is 0 Å². The van der Waals surface area contributed by atoms with E-state index in [1.807, 2.05) is 13.8 Å². The van der Waals surface area contributed by atoms with Crippen LogP contribution in [0.15, 0.2) is 48.5 Å². The molecular formula is C25H34N4O7S. The first kappa shape index (κ1) is 29.6. The first-order chi connectivity index (χ1) is 17.4. The topological polar surface area (TPSA) is 139 Å². The summed E-state index contributed by atoms with van der Waals surface area (Å²) in [6.07, 6.45) is 1.90. The standard InChI is InChI=1S/C25H34N4O7S/c1-6-18(3)26-25(31)23(7-2)27(16-19-10-8-13-22(14-19)36-4)24(30)17-28(37(5,34)35)20-11-9-12-21(15-20)29(32)33/h8-15,18,23H,6-7,16-17H2,1-5H3,(H,26,31)/t18-,23+/m1/s1. The lowest BCUT2D eigenvalue weighted by atomic mass is 10.1. The van der Waals surface area contributed by atoms with Crippen molar-refractivity contribution in [2.75, 3.05) is 24.2 Å². The van der Waals surface area contributed by atoms with Crippen molar-refractivity contribution < 1.29 is 27.7 Å². The highest BCUT2D eigenvalue weighted by atomic mass is 32.2. The molecule has 2 atom stereocenters. The summed E-state index contributed by atoms with van der Waals surface area (Å²) in [5, 5.41) is 14.1. The predicted molar refractivity (Wildman–Crippen MR) is 141 cm³/mol. The van der Waals surface area contributed by atoms with Gasteiger partial charge in [0.25, 0.3) is 5.69 Å². The highest BCUT2D eigenvalue weighted by molar-refractivity contribution is 7.92. The molecule has 1 N–H and O–H groups in total. The third-order valence-corrected chi connectivity index (χ3v) is 7.02. The van der Waals surface area contributed by atoms with E-state index < -0.39 is 33.4 Å². The largest absolute Gasteiger partial charge is 0.497 e. The van der Waals surface area contributed by atoms with Gasteiger partial charge in [0.05, 0.1) is 24.0 Å². The molecule has 0 aliphatic heterocycles. The fourth-order valence-electron chi connectivity index (χ4n) is 3.70. The maximum Gasteiger partial charge on any atom is 0.271 e. The van der Waals surface area contributed by atoms with Crippen LogP contribution in [0.5, 0.6) is 5.75 Å².